The molecule has 8 nitrogen and oxygen atoms in total. The molecule has 2 atom stereocenters. The lowest BCUT2D eigenvalue weighted by Crippen LogP contribution is -2.63. The Hall–Kier alpha value is -1.84. The summed E-state index contributed by atoms with van der Waals surface area (Å²) in [5.74, 6) is 0.115. The minimum atomic E-state index is -3.73. The molecule has 0 unspecified atom stereocenters. The fourth-order valence-electron chi connectivity index (χ4n) is 4.12. The van der Waals surface area contributed by atoms with Crippen LogP contribution in [0.15, 0.2) is 23.1 Å². The number of carbonyl (C=O) groups is 1. The predicted molar refractivity (Wildman–Crippen MR) is 91.9 cm³/mol. The zero-order valence-electron chi connectivity index (χ0n) is 14.3. The van der Waals surface area contributed by atoms with Gasteiger partial charge in [-0.2, -0.15) is 4.31 Å². The van der Waals surface area contributed by atoms with Crippen molar-refractivity contribution >= 4 is 16.0 Å². The van der Waals surface area contributed by atoms with Crippen LogP contribution < -0.4 is 14.8 Å². The Morgan fingerprint density at radius 2 is 2.00 bits per heavy atom. The van der Waals surface area contributed by atoms with E-state index in [-0.39, 0.29) is 24.0 Å². The monoisotopic (exact) mass is 382 g/mol. The molecular weight excluding hydrogens is 360 g/mol. The van der Waals surface area contributed by atoms with Gasteiger partial charge in [0.05, 0.1) is 10.3 Å². The van der Waals surface area contributed by atoms with Gasteiger partial charge >= 0.3 is 5.97 Å². The number of benzene rings is 1. The van der Waals surface area contributed by atoms with E-state index in [0.29, 0.717) is 44.1 Å². The van der Waals surface area contributed by atoms with Crippen LogP contribution in [0, 0.1) is 5.41 Å². The molecule has 0 bridgehead atoms. The van der Waals surface area contributed by atoms with Gasteiger partial charge in [0.2, 0.25) is 10.0 Å². The van der Waals surface area contributed by atoms with Crippen LogP contribution in [-0.2, 0) is 14.8 Å². The number of ether oxygens (including phenoxy) is 2. The number of aliphatic carboxylic acids is 1. The van der Waals surface area contributed by atoms with E-state index < -0.39 is 21.4 Å². The van der Waals surface area contributed by atoms with E-state index in [1.165, 1.54) is 16.4 Å². The van der Waals surface area contributed by atoms with E-state index in [4.69, 9.17) is 9.47 Å². The first-order valence-corrected chi connectivity index (χ1v) is 10.2. The van der Waals surface area contributed by atoms with Crippen LogP contribution in [-0.4, -0.2) is 62.7 Å². The highest BCUT2D eigenvalue weighted by molar-refractivity contribution is 7.89. The number of carboxylic acids is 1. The number of nitrogens with zero attached hydrogens (tertiary/aromatic N) is 1. The highest BCUT2D eigenvalue weighted by atomic mass is 32.2. The van der Waals surface area contributed by atoms with Crippen LogP contribution in [0.3, 0.4) is 0 Å². The van der Waals surface area contributed by atoms with E-state index >= 15 is 0 Å². The van der Waals surface area contributed by atoms with Gasteiger partial charge in [0.1, 0.15) is 13.2 Å². The molecular formula is C17H22N2O6S. The Labute approximate surface area is 152 Å². The Bertz CT molecular complexity index is 827. The summed E-state index contributed by atoms with van der Waals surface area (Å²) in [6, 6.07) is 4.22. The third kappa shape index (κ3) is 2.74. The summed E-state index contributed by atoms with van der Waals surface area (Å²) < 4.78 is 38.4. The number of carboxylic acid groups (broad SMARTS) is 1. The van der Waals surface area contributed by atoms with Crippen molar-refractivity contribution in [1.82, 2.24) is 9.62 Å². The Kier molecular flexibility index (Phi) is 4.32. The number of nitrogens with one attached hydrogen (secondary N) is 1. The number of rotatable bonds is 3. The maximum atomic E-state index is 13.1. The molecule has 3 aliphatic rings. The molecule has 0 spiro atoms. The van der Waals surface area contributed by atoms with E-state index in [1.807, 2.05) is 0 Å². The van der Waals surface area contributed by atoms with Crippen LogP contribution in [0.4, 0.5) is 0 Å². The Balaban J connectivity index is 1.60. The van der Waals surface area contributed by atoms with Crippen molar-refractivity contribution in [1.29, 1.82) is 0 Å². The first kappa shape index (κ1) is 17.6. The summed E-state index contributed by atoms with van der Waals surface area (Å²) >= 11 is 0. The lowest BCUT2D eigenvalue weighted by atomic mass is 9.70. The molecule has 2 fully saturated rings. The summed E-state index contributed by atoms with van der Waals surface area (Å²) in [4.78, 5) is 12.0. The van der Waals surface area contributed by atoms with Gasteiger partial charge in [0.15, 0.2) is 11.5 Å². The maximum absolute atomic E-state index is 13.1. The van der Waals surface area contributed by atoms with E-state index in [0.717, 1.165) is 6.42 Å². The van der Waals surface area contributed by atoms with Crippen molar-refractivity contribution < 1.29 is 27.8 Å². The van der Waals surface area contributed by atoms with E-state index in [9.17, 15) is 18.3 Å². The smallest absolute Gasteiger partial charge is 0.311 e. The van der Waals surface area contributed by atoms with Gasteiger partial charge in [-0.3, -0.25) is 4.79 Å². The van der Waals surface area contributed by atoms with Gasteiger partial charge in [-0.1, -0.05) is 0 Å². The Morgan fingerprint density at radius 3 is 2.77 bits per heavy atom. The number of sulfonamides is 1. The molecule has 4 rings (SSSR count). The minimum absolute atomic E-state index is 0.139. The summed E-state index contributed by atoms with van der Waals surface area (Å²) in [5.41, 5.74) is -0.878. The second-order valence-corrected chi connectivity index (χ2v) is 8.93. The number of hydrogen-bond acceptors (Lipinski definition) is 6. The molecule has 1 aromatic carbocycles. The van der Waals surface area contributed by atoms with Crippen molar-refractivity contribution in [2.75, 3.05) is 32.8 Å². The SMILES string of the molecule is O=C(O)[C@]12CCCN[C@@H]1CN(S(=O)(=O)c1ccc3c(c1)OCCO3)CC2. The standard InChI is InChI=1S/C17H22N2O6S/c20-16(21)17-4-1-6-18-15(17)11-19(7-5-17)26(22,23)12-2-3-13-14(10-12)25-9-8-24-13/h2-3,10,15,18H,1,4-9,11H2,(H,20,21)/t15-,17+/m1/s1. The molecule has 9 heteroatoms. The lowest BCUT2D eigenvalue weighted by Gasteiger charge is -2.47. The highest BCUT2D eigenvalue weighted by Crippen LogP contribution is 2.41. The van der Waals surface area contributed by atoms with Crippen LogP contribution in [0.25, 0.3) is 0 Å². The minimum Gasteiger partial charge on any atom is -0.486 e. The van der Waals surface area contributed by atoms with E-state index in [2.05, 4.69) is 5.32 Å². The molecule has 26 heavy (non-hydrogen) atoms. The fourth-order valence-corrected chi connectivity index (χ4v) is 5.59. The highest BCUT2D eigenvalue weighted by Gasteiger charge is 2.52. The molecule has 3 heterocycles. The molecule has 3 aliphatic heterocycles. The molecule has 0 amide bonds. The molecule has 0 aliphatic carbocycles. The fraction of sp³-hybridized carbons (Fsp3) is 0.588. The third-order valence-corrected chi connectivity index (χ3v) is 7.49. The van der Waals surface area contributed by atoms with Crippen molar-refractivity contribution in [2.45, 2.75) is 30.2 Å². The van der Waals surface area contributed by atoms with Crippen molar-refractivity contribution in [3.05, 3.63) is 18.2 Å². The average molecular weight is 382 g/mol. The average Bonchev–Trinajstić information content (AvgIpc) is 2.67. The maximum Gasteiger partial charge on any atom is 0.311 e. The molecule has 0 radical (unpaired) electrons. The van der Waals surface area contributed by atoms with Gasteiger partial charge in [0.25, 0.3) is 0 Å². The van der Waals surface area contributed by atoms with Crippen LogP contribution >= 0.6 is 0 Å². The van der Waals surface area contributed by atoms with Gasteiger partial charge in [-0.05, 0) is 37.9 Å². The van der Waals surface area contributed by atoms with Gasteiger partial charge < -0.3 is 19.9 Å². The molecule has 2 saturated heterocycles. The summed E-state index contributed by atoms with van der Waals surface area (Å²) in [6.07, 6.45) is 1.68. The summed E-state index contributed by atoms with van der Waals surface area (Å²) in [7, 11) is -3.73. The molecule has 2 N–H and O–H groups in total. The van der Waals surface area contributed by atoms with Crippen molar-refractivity contribution in [2.24, 2.45) is 5.41 Å². The van der Waals surface area contributed by atoms with Gasteiger partial charge in [-0.15, -0.1) is 0 Å². The first-order chi connectivity index (χ1) is 12.4. The zero-order chi connectivity index (χ0) is 18.4. The predicted octanol–water partition coefficient (Wildman–Crippen LogP) is 0.675. The lowest BCUT2D eigenvalue weighted by molar-refractivity contribution is -0.155. The summed E-state index contributed by atoms with van der Waals surface area (Å²) in [6.45, 7) is 1.88. The van der Waals surface area contributed by atoms with Crippen molar-refractivity contribution in [3.8, 4) is 11.5 Å². The second kappa shape index (κ2) is 6.40. The topological polar surface area (TPSA) is 105 Å². The molecule has 0 aromatic heterocycles. The van der Waals surface area contributed by atoms with Crippen molar-refractivity contribution in [3.63, 3.8) is 0 Å². The first-order valence-electron chi connectivity index (χ1n) is 8.80. The molecule has 142 valence electrons. The molecule has 1 aromatic rings. The van der Waals surface area contributed by atoms with Gasteiger partial charge in [0, 0.05) is 25.2 Å². The largest absolute Gasteiger partial charge is 0.486 e. The number of piperidine rings is 2. The van der Waals surface area contributed by atoms with Gasteiger partial charge in [-0.25, -0.2) is 8.42 Å². The second-order valence-electron chi connectivity index (χ2n) is 6.99. The Morgan fingerprint density at radius 1 is 1.23 bits per heavy atom. The van der Waals surface area contributed by atoms with E-state index in [1.54, 1.807) is 6.07 Å². The summed E-state index contributed by atoms with van der Waals surface area (Å²) in [5, 5.41) is 12.9. The third-order valence-electron chi connectivity index (χ3n) is 5.63. The molecule has 0 saturated carbocycles. The normalized spacial score (nSPS) is 29.0. The zero-order valence-corrected chi connectivity index (χ0v) is 15.1. The van der Waals surface area contributed by atoms with Crippen LogP contribution in [0.1, 0.15) is 19.3 Å². The van der Waals surface area contributed by atoms with Crippen LogP contribution in [0.5, 0.6) is 11.5 Å². The van der Waals surface area contributed by atoms with Crippen LogP contribution in [0.2, 0.25) is 0 Å². The number of hydrogen-bond donors (Lipinski definition) is 2. The quantitative estimate of drug-likeness (QED) is 0.792. The number of fused-ring (bicyclic) bond motifs is 2.